The van der Waals surface area contributed by atoms with E-state index in [9.17, 15) is 9.90 Å². The minimum Gasteiger partial charge on any atom is -0.421 e. The number of nitrogens with one attached hydrogen (secondary N) is 1. The number of benzene rings is 1. The SMILES string of the molecule is CSCC[C@@H](CO)NC(=O)CCc1nnc(-c2ccccc2)o1. The Balaban J connectivity index is 1.82. The van der Waals surface area contributed by atoms with E-state index in [2.05, 4.69) is 15.5 Å². The van der Waals surface area contributed by atoms with Crippen molar-refractivity contribution in [1.29, 1.82) is 0 Å². The van der Waals surface area contributed by atoms with Crippen LogP contribution in [0.15, 0.2) is 34.7 Å². The normalized spacial score (nSPS) is 12.1. The van der Waals surface area contributed by atoms with Gasteiger partial charge in [0.1, 0.15) is 0 Å². The van der Waals surface area contributed by atoms with Crippen molar-refractivity contribution in [3.8, 4) is 11.5 Å². The number of carbonyl (C=O) groups excluding carboxylic acids is 1. The van der Waals surface area contributed by atoms with Gasteiger partial charge < -0.3 is 14.8 Å². The van der Waals surface area contributed by atoms with Gasteiger partial charge in [0.05, 0.1) is 12.6 Å². The highest BCUT2D eigenvalue weighted by Gasteiger charge is 2.13. The Hall–Kier alpha value is -1.86. The van der Waals surface area contributed by atoms with Crippen LogP contribution in [0.5, 0.6) is 0 Å². The number of rotatable bonds is 9. The highest BCUT2D eigenvalue weighted by atomic mass is 32.2. The maximum absolute atomic E-state index is 11.9. The Morgan fingerprint density at radius 2 is 2.13 bits per heavy atom. The van der Waals surface area contributed by atoms with Gasteiger partial charge in [-0.05, 0) is 30.6 Å². The molecule has 1 aromatic heterocycles. The van der Waals surface area contributed by atoms with Crippen molar-refractivity contribution in [3.05, 3.63) is 36.2 Å². The summed E-state index contributed by atoms with van der Waals surface area (Å²) < 4.78 is 5.56. The first kappa shape index (κ1) is 17.5. The van der Waals surface area contributed by atoms with Gasteiger partial charge in [-0.2, -0.15) is 11.8 Å². The van der Waals surface area contributed by atoms with E-state index < -0.39 is 0 Å². The first-order valence-corrected chi connectivity index (χ1v) is 8.89. The Labute approximate surface area is 139 Å². The summed E-state index contributed by atoms with van der Waals surface area (Å²) in [6.45, 7) is -0.0506. The molecular weight excluding hydrogens is 314 g/mol. The minimum absolute atomic E-state index is 0.0506. The number of aromatic nitrogens is 2. The van der Waals surface area contributed by atoms with Crippen molar-refractivity contribution in [2.45, 2.75) is 25.3 Å². The van der Waals surface area contributed by atoms with E-state index in [-0.39, 0.29) is 25.0 Å². The van der Waals surface area contributed by atoms with Crippen molar-refractivity contribution in [2.24, 2.45) is 0 Å². The molecule has 0 radical (unpaired) electrons. The summed E-state index contributed by atoms with van der Waals surface area (Å²) in [6, 6.07) is 9.30. The molecule has 0 bridgehead atoms. The molecular formula is C16H21N3O3S. The molecule has 1 amide bonds. The summed E-state index contributed by atoms with van der Waals surface area (Å²) >= 11 is 1.69. The molecule has 0 aliphatic heterocycles. The van der Waals surface area contributed by atoms with Crippen molar-refractivity contribution >= 4 is 17.7 Å². The topological polar surface area (TPSA) is 88.2 Å². The largest absolute Gasteiger partial charge is 0.421 e. The first-order chi connectivity index (χ1) is 11.2. The Morgan fingerprint density at radius 1 is 1.35 bits per heavy atom. The zero-order chi connectivity index (χ0) is 16.5. The summed E-state index contributed by atoms with van der Waals surface area (Å²) in [4.78, 5) is 11.9. The molecule has 6 nitrogen and oxygen atoms in total. The molecule has 1 atom stereocenters. The number of aliphatic hydroxyl groups excluding tert-OH is 1. The molecule has 0 aliphatic rings. The lowest BCUT2D eigenvalue weighted by atomic mass is 10.2. The highest BCUT2D eigenvalue weighted by molar-refractivity contribution is 7.98. The quantitative estimate of drug-likeness (QED) is 0.728. The molecule has 7 heteroatoms. The molecule has 23 heavy (non-hydrogen) atoms. The maximum atomic E-state index is 11.9. The van der Waals surface area contributed by atoms with Gasteiger partial charge in [0.25, 0.3) is 0 Å². The van der Waals surface area contributed by atoms with E-state index in [4.69, 9.17) is 4.42 Å². The number of amides is 1. The third-order valence-electron chi connectivity index (χ3n) is 3.31. The van der Waals surface area contributed by atoms with Crippen molar-refractivity contribution < 1.29 is 14.3 Å². The van der Waals surface area contributed by atoms with Gasteiger partial charge >= 0.3 is 0 Å². The van der Waals surface area contributed by atoms with Gasteiger partial charge in [0.2, 0.25) is 17.7 Å². The van der Waals surface area contributed by atoms with Crippen molar-refractivity contribution in [1.82, 2.24) is 15.5 Å². The second-order valence-corrected chi connectivity index (χ2v) is 6.08. The monoisotopic (exact) mass is 335 g/mol. The molecule has 0 unspecified atom stereocenters. The average molecular weight is 335 g/mol. The zero-order valence-corrected chi connectivity index (χ0v) is 13.9. The van der Waals surface area contributed by atoms with Gasteiger partial charge in [-0.15, -0.1) is 10.2 Å². The van der Waals surface area contributed by atoms with Gasteiger partial charge in [0.15, 0.2) is 0 Å². The lowest BCUT2D eigenvalue weighted by molar-refractivity contribution is -0.122. The standard InChI is InChI=1S/C16H21N3O3S/c1-23-10-9-13(11-20)17-14(21)7-8-15-18-19-16(22-15)12-5-3-2-4-6-12/h2-6,13,20H,7-11H2,1H3,(H,17,21)/t13-/m0/s1. The molecule has 0 fully saturated rings. The summed E-state index contributed by atoms with van der Waals surface area (Å²) in [5.41, 5.74) is 0.855. The van der Waals surface area contributed by atoms with Crippen LogP contribution < -0.4 is 5.32 Å². The van der Waals surface area contributed by atoms with E-state index >= 15 is 0 Å². The van der Waals surface area contributed by atoms with E-state index in [1.54, 1.807) is 11.8 Å². The van der Waals surface area contributed by atoms with Gasteiger partial charge in [-0.3, -0.25) is 4.79 Å². The van der Waals surface area contributed by atoms with Gasteiger partial charge in [-0.25, -0.2) is 0 Å². The smallest absolute Gasteiger partial charge is 0.247 e. The van der Waals surface area contributed by atoms with E-state index in [1.165, 1.54) is 0 Å². The van der Waals surface area contributed by atoms with Crippen LogP contribution in [0.1, 0.15) is 18.7 Å². The first-order valence-electron chi connectivity index (χ1n) is 7.50. The van der Waals surface area contributed by atoms with Gasteiger partial charge in [-0.1, -0.05) is 18.2 Å². The fourth-order valence-corrected chi connectivity index (χ4v) is 2.56. The third kappa shape index (κ3) is 5.69. The van der Waals surface area contributed by atoms with E-state index in [0.29, 0.717) is 18.2 Å². The number of nitrogens with zero attached hydrogens (tertiary/aromatic N) is 2. The van der Waals surface area contributed by atoms with Crippen LogP contribution >= 0.6 is 11.8 Å². The predicted molar refractivity (Wildman–Crippen MR) is 90.1 cm³/mol. The lowest BCUT2D eigenvalue weighted by Gasteiger charge is -2.15. The maximum Gasteiger partial charge on any atom is 0.247 e. The number of hydrogen-bond donors (Lipinski definition) is 2. The lowest BCUT2D eigenvalue weighted by Crippen LogP contribution is -2.38. The molecule has 0 saturated heterocycles. The molecule has 2 rings (SSSR count). The summed E-state index contributed by atoms with van der Waals surface area (Å²) in [5.74, 6) is 1.66. The fraction of sp³-hybridized carbons (Fsp3) is 0.438. The Kier molecular flexibility index (Phi) is 7.09. The zero-order valence-electron chi connectivity index (χ0n) is 13.1. The molecule has 2 N–H and O–H groups in total. The summed E-state index contributed by atoms with van der Waals surface area (Å²) in [6.07, 6.45) is 3.39. The van der Waals surface area contributed by atoms with Crippen molar-refractivity contribution in [3.63, 3.8) is 0 Å². The molecule has 0 aliphatic carbocycles. The van der Waals surface area contributed by atoms with E-state index in [0.717, 1.165) is 17.7 Å². The third-order valence-corrected chi connectivity index (χ3v) is 3.95. The molecule has 0 saturated carbocycles. The number of aliphatic hydroxyl groups is 1. The number of hydrogen-bond acceptors (Lipinski definition) is 6. The summed E-state index contributed by atoms with van der Waals surface area (Å²) in [5, 5.41) is 20.0. The Morgan fingerprint density at radius 3 is 2.83 bits per heavy atom. The van der Waals surface area contributed by atoms with Crippen LogP contribution in [0.2, 0.25) is 0 Å². The number of aryl methyl sites for hydroxylation is 1. The molecule has 1 heterocycles. The second-order valence-electron chi connectivity index (χ2n) is 5.10. The van der Waals surface area contributed by atoms with Crippen LogP contribution in [0.25, 0.3) is 11.5 Å². The van der Waals surface area contributed by atoms with E-state index in [1.807, 2.05) is 36.6 Å². The van der Waals surface area contributed by atoms with Gasteiger partial charge in [0, 0.05) is 18.4 Å². The highest BCUT2D eigenvalue weighted by Crippen LogP contribution is 2.17. The number of carbonyl (C=O) groups is 1. The van der Waals surface area contributed by atoms with Crippen LogP contribution in [0.3, 0.4) is 0 Å². The minimum atomic E-state index is -0.197. The fourth-order valence-electron chi connectivity index (χ4n) is 2.04. The summed E-state index contributed by atoms with van der Waals surface area (Å²) in [7, 11) is 0. The predicted octanol–water partition coefficient (Wildman–Crippen LogP) is 1.90. The average Bonchev–Trinajstić information content (AvgIpc) is 3.06. The molecule has 1 aromatic carbocycles. The van der Waals surface area contributed by atoms with Crippen LogP contribution in [-0.4, -0.2) is 45.9 Å². The number of thioether (sulfide) groups is 1. The molecule has 124 valence electrons. The van der Waals surface area contributed by atoms with Crippen LogP contribution in [0, 0.1) is 0 Å². The van der Waals surface area contributed by atoms with Crippen molar-refractivity contribution in [2.75, 3.05) is 18.6 Å². The van der Waals surface area contributed by atoms with Crippen LogP contribution in [0.4, 0.5) is 0 Å². The molecule has 0 spiro atoms. The Bertz CT molecular complexity index is 604. The second kappa shape index (κ2) is 9.32. The molecule has 2 aromatic rings. The van der Waals surface area contributed by atoms with Crippen LogP contribution in [-0.2, 0) is 11.2 Å².